The van der Waals surface area contributed by atoms with Crippen molar-refractivity contribution in [3.8, 4) is 0 Å². The molecule has 0 saturated carbocycles. The van der Waals surface area contributed by atoms with Crippen LogP contribution in [0.15, 0.2) is 10.5 Å². The number of hydrogen-bond acceptors (Lipinski definition) is 3. The summed E-state index contributed by atoms with van der Waals surface area (Å²) >= 11 is 0. The third kappa shape index (κ3) is 3.65. The van der Waals surface area contributed by atoms with Gasteiger partial charge in [0.25, 0.3) is 0 Å². The fourth-order valence-electron chi connectivity index (χ4n) is 1.99. The van der Waals surface area contributed by atoms with Crippen molar-refractivity contribution < 1.29 is 4.42 Å². The van der Waals surface area contributed by atoms with Gasteiger partial charge in [0.2, 0.25) is 0 Å². The van der Waals surface area contributed by atoms with Crippen LogP contribution in [0.5, 0.6) is 0 Å². The fourth-order valence-corrected chi connectivity index (χ4v) is 1.99. The highest BCUT2D eigenvalue weighted by Gasteiger charge is 2.10. The molecule has 0 amide bonds. The van der Waals surface area contributed by atoms with Crippen LogP contribution < -0.4 is 5.73 Å². The first-order chi connectivity index (χ1) is 7.71. The van der Waals surface area contributed by atoms with Gasteiger partial charge in [-0.2, -0.15) is 0 Å². The van der Waals surface area contributed by atoms with Crippen molar-refractivity contribution in [3.05, 3.63) is 23.2 Å². The van der Waals surface area contributed by atoms with E-state index >= 15 is 0 Å². The quantitative estimate of drug-likeness (QED) is 0.774. The Labute approximate surface area is 98.6 Å². The lowest BCUT2D eigenvalue weighted by atomic mass is 10.2. The summed E-state index contributed by atoms with van der Waals surface area (Å²) < 4.78 is 5.57. The van der Waals surface area contributed by atoms with Crippen molar-refractivity contribution >= 4 is 0 Å². The Balaban J connectivity index is 2.64. The summed E-state index contributed by atoms with van der Waals surface area (Å²) in [6.07, 6.45) is 2.39. The van der Waals surface area contributed by atoms with E-state index in [9.17, 15) is 0 Å². The van der Waals surface area contributed by atoms with E-state index in [1.54, 1.807) is 0 Å². The van der Waals surface area contributed by atoms with Crippen LogP contribution in [0.25, 0.3) is 0 Å². The maximum Gasteiger partial charge on any atom is 0.118 e. The van der Waals surface area contributed by atoms with Crippen molar-refractivity contribution in [1.29, 1.82) is 0 Å². The van der Waals surface area contributed by atoms with E-state index in [4.69, 9.17) is 10.2 Å². The molecule has 0 bridgehead atoms. The Morgan fingerprint density at radius 1 is 1.25 bits per heavy atom. The molecule has 0 saturated heterocycles. The average Bonchev–Trinajstić information content (AvgIpc) is 2.60. The minimum Gasteiger partial charge on any atom is -0.465 e. The molecule has 16 heavy (non-hydrogen) atoms. The monoisotopic (exact) mass is 224 g/mol. The predicted molar refractivity (Wildman–Crippen MR) is 67.2 cm³/mol. The lowest BCUT2D eigenvalue weighted by Gasteiger charge is -2.20. The van der Waals surface area contributed by atoms with Crippen molar-refractivity contribution in [1.82, 2.24) is 4.90 Å². The molecule has 0 aliphatic rings. The van der Waals surface area contributed by atoms with E-state index in [1.165, 1.54) is 18.4 Å². The van der Waals surface area contributed by atoms with Crippen LogP contribution >= 0.6 is 0 Å². The zero-order valence-electron chi connectivity index (χ0n) is 10.8. The molecule has 0 radical (unpaired) electrons. The van der Waals surface area contributed by atoms with Gasteiger partial charge in [-0.3, -0.25) is 4.90 Å². The topological polar surface area (TPSA) is 42.4 Å². The van der Waals surface area contributed by atoms with Gasteiger partial charge < -0.3 is 10.2 Å². The summed E-state index contributed by atoms with van der Waals surface area (Å²) in [6, 6.07) is 2.09. The molecule has 0 aliphatic heterocycles. The van der Waals surface area contributed by atoms with Gasteiger partial charge in [-0.05, 0) is 38.9 Å². The second kappa shape index (κ2) is 6.71. The Kier molecular flexibility index (Phi) is 5.56. The van der Waals surface area contributed by atoms with Crippen LogP contribution in [-0.2, 0) is 13.1 Å². The standard InChI is InChI=1S/C13H24N2O/c1-4-6-15(7-5-2)10-12-8-13(9-14)16-11(12)3/h8H,4-7,9-10,14H2,1-3H3. The van der Waals surface area contributed by atoms with E-state index in [-0.39, 0.29) is 0 Å². The number of furan rings is 1. The molecular formula is C13H24N2O. The van der Waals surface area contributed by atoms with E-state index < -0.39 is 0 Å². The number of aryl methyl sites for hydroxylation is 1. The zero-order valence-corrected chi connectivity index (χ0v) is 10.8. The lowest BCUT2D eigenvalue weighted by molar-refractivity contribution is 0.265. The maximum atomic E-state index is 5.57. The number of rotatable bonds is 7. The highest BCUT2D eigenvalue weighted by molar-refractivity contribution is 5.20. The summed E-state index contributed by atoms with van der Waals surface area (Å²) in [6.45, 7) is 10.2. The Bertz CT molecular complexity index is 301. The van der Waals surface area contributed by atoms with Gasteiger partial charge >= 0.3 is 0 Å². The van der Waals surface area contributed by atoms with Crippen LogP contribution in [0.4, 0.5) is 0 Å². The molecule has 92 valence electrons. The van der Waals surface area contributed by atoms with E-state index in [0.717, 1.165) is 31.2 Å². The Morgan fingerprint density at radius 2 is 1.88 bits per heavy atom. The van der Waals surface area contributed by atoms with Gasteiger partial charge in [-0.15, -0.1) is 0 Å². The van der Waals surface area contributed by atoms with Crippen LogP contribution in [0, 0.1) is 6.92 Å². The van der Waals surface area contributed by atoms with Gasteiger partial charge in [0.15, 0.2) is 0 Å². The maximum absolute atomic E-state index is 5.57. The van der Waals surface area contributed by atoms with Gasteiger partial charge in [0, 0.05) is 12.1 Å². The first-order valence-electron chi connectivity index (χ1n) is 6.21. The van der Waals surface area contributed by atoms with Gasteiger partial charge in [0.1, 0.15) is 11.5 Å². The van der Waals surface area contributed by atoms with Crippen LogP contribution in [-0.4, -0.2) is 18.0 Å². The second-order valence-electron chi connectivity index (χ2n) is 4.27. The molecule has 2 N–H and O–H groups in total. The van der Waals surface area contributed by atoms with Crippen molar-refractivity contribution in [2.24, 2.45) is 5.73 Å². The van der Waals surface area contributed by atoms with Crippen LogP contribution in [0.1, 0.15) is 43.8 Å². The fraction of sp³-hybridized carbons (Fsp3) is 0.692. The Hall–Kier alpha value is -0.800. The zero-order chi connectivity index (χ0) is 12.0. The number of nitrogens with two attached hydrogens (primary N) is 1. The molecule has 3 heteroatoms. The smallest absolute Gasteiger partial charge is 0.118 e. The molecule has 0 spiro atoms. The van der Waals surface area contributed by atoms with Crippen LogP contribution in [0.2, 0.25) is 0 Å². The van der Waals surface area contributed by atoms with E-state index in [2.05, 4.69) is 24.8 Å². The third-order valence-electron chi connectivity index (χ3n) is 2.75. The lowest BCUT2D eigenvalue weighted by Crippen LogP contribution is -2.24. The predicted octanol–water partition coefficient (Wildman–Crippen LogP) is 2.67. The number of hydrogen-bond donors (Lipinski definition) is 1. The van der Waals surface area contributed by atoms with Gasteiger partial charge in [-0.25, -0.2) is 0 Å². The minimum absolute atomic E-state index is 0.488. The molecule has 0 aromatic carbocycles. The molecule has 0 aliphatic carbocycles. The molecule has 1 aromatic rings. The summed E-state index contributed by atoms with van der Waals surface area (Å²) in [5.74, 6) is 1.90. The molecule has 0 unspecified atom stereocenters. The molecule has 1 aromatic heterocycles. The summed E-state index contributed by atoms with van der Waals surface area (Å²) in [4.78, 5) is 2.47. The summed E-state index contributed by atoms with van der Waals surface area (Å²) in [5, 5.41) is 0. The average molecular weight is 224 g/mol. The third-order valence-corrected chi connectivity index (χ3v) is 2.75. The highest BCUT2D eigenvalue weighted by atomic mass is 16.3. The Morgan fingerprint density at radius 3 is 2.31 bits per heavy atom. The molecule has 0 atom stereocenters. The van der Waals surface area contributed by atoms with Crippen LogP contribution in [0.3, 0.4) is 0 Å². The molecular weight excluding hydrogens is 200 g/mol. The van der Waals surface area contributed by atoms with Gasteiger partial charge in [0.05, 0.1) is 6.54 Å². The largest absolute Gasteiger partial charge is 0.465 e. The first-order valence-corrected chi connectivity index (χ1v) is 6.21. The van der Waals surface area contributed by atoms with Gasteiger partial charge in [-0.1, -0.05) is 13.8 Å². The molecule has 3 nitrogen and oxygen atoms in total. The molecule has 1 rings (SSSR count). The number of nitrogens with zero attached hydrogens (tertiary/aromatic N) is 1. The summed E-state index contributed by atoms with van der Waals surface area (Å²) in [7, 11) is 0. The van der Waals surface area contributed by atoms with E-state index in [0.29, 0.717) is 6.54 Å². The molecule has 0 fully saturated rings. The normalized spacial score (nSPS) is 11.3. The van der Waals surface area contributed by atoms with Crippen molar-refractivity contribution in [3.63, 3.8) is 0 Å². The van der Waals surface area contributed by atoms with Crippen molar-refractivity contribution in [2.45, 2.75) is 46.7 Å². The first kappa shape index (κ1) is 13.3. The molecule has 1 heterocycles. The van der Waals surface area contributed by atoms with Crippen molar-refractivity contribution in [2.75, 3.05) is 13.1 Å². The van der Waals surface area contributed by atoms with E-state index in [1.807, 2.05) is 6.92 Å². The SMILES string of the molecule is CCCN(CCC)Cc1cc(CN)oc1C. The highest BCUT2D eigenvalue weighted by Crippen LogP contribution is 2.16. The minimum atomic E-state index is 0.488. The summed E-state index contributed by atoms with van der Waals surface area (Å²) in [5.41, 5.74) is 6.85. The second-order valence-corrected chi connectivity index (χ2v) is 4.27.